The van der Waals surface area contributed by atoms with Crippen LogP contribution in [0, 0.1) is 0 Å². The van der Waals surface area contributed by atoms with Gasteiger partial charge in [-0.3, -0.25) is 0 Å². The fraction of sp³-hybridized carbons (Fsp3) is 0.167. The molecule has 0 saturated carbocycles. The van der Waals surface area contributed by atoms with Crippen LogP contribution < -0.4 is 0 Å². The minimum atomic E-state index is 0.0140. The van der Waals surface area contributed by atoms with Crippen molar-refractivity contribution in [3.8, 4) is 11.3 Å². The average molecular weight is 275 g/mol. The molecule has 2 aliphatic rings. The summed E-state index contributed by atoms with van der Waals surface area (Å²) in [5.74, 6) is 0. The molecule has 21 heavy (non-hydrogen) atoms. The second-order valence-electron chi connectivity index (χ2n) is 5.59. The Morgan fingerprint density at radius 2 is 1.81 bits per heavy atom. The van der Waals surface area contributed by atoms with Crippen molar-refractivity contribution in [1.29, 1.82) is 0 Å². The number of pyridine rings is 1. The zero-order valence-electron chi connectivity index (χ0n) is 11.3. The van der Waals surface area contributed by atoms with E-state index in [2.05, 4.69) is 12.1 Å². The second kappa shape index (κ2) is 3.91. The Morgan fingerprint density at radius 1 is 1.00 bits per heavy atom. The van der Waals surface area contributed by atoms with Crippen molar-refractivity contribution in [2.75, 3.05) is 0 Å². The number of rotatable bonds is 1. The van der Waals surface area contributed by atoms with Crippen LogP contribution in [0.25, 0.3) is 22.2 Å². The number of hydrogen-bond donors (Lipinski definition) is 1. The minimum absolute atomic E-state index is 0.0140. The molecule has 102 valence electrons. The third-order valence-electron chi connectivity index (χ3n) is 4.50. The smallest absolute Gasteiger partial charge is 0.116 e. The molecule has 1 aliphatic carbocycles. The molecule has 1 aliphatic heterocycles. The molecular formula is C18H13NO2. The first-order chi connectivity index (χ1) is 10.4. The molecular weight excluding hydrogens is 262 g/mol. The van der Waals surface area contributed by atoms with E-state index in [4.69, 9.17) is 9.72 Å². The van der Waals surface area contributed by atoms with Gasteiger partial charge < -0.3 is 9.84 Å². The summed E-state index contributed by atoms with van der Waals surface area (Å²) in [5, 5.41) is 10.9. The van der Waals surface area contributed by atoms with Gasteiger partial charge in [0.1, 0.15) is 12.2 Å². The van der Waals surface area contributed by atoms with Crippen LogP contribution >= 0.6 is 0 Å². The van der Waals surface area contributed by atoms with E-state index in [1.54, 1.807) is 0 Å². The fourth-order valence-electron chi connectivity index (χ4n) is 3.51. The van der Waals surface area contributed by atoms with Crippen LogP contribution in [-0.2, 0) is 11.3 Å². The van der Waals surface area contributed by atoms with E-state index in [1.165, 1.54) is 5.56 Å². The Balaban J connectivity index is 1.94. The number of epoxide rings is 1. The van der Waals surface area contributed by atoms with Crippen LogP contribution in [0.2, 0.25) is 0 Å². The molecule has 1 N–H and O–H groups in total. The Bertz CT molecular complexity index is 888. The maximum atomic E-state index is 9.89. The van der Waals surface area contributed by atoms with Crippen molar-refractivity contribution >= 4 is 10.9 Å². The number of aliphatic hydroxyl groups excluding tert-OH is 1. The monoisotopic (exact) mass is 275 g/mol. The predicted molar refractivity (Wildman–Crippen MR) is 79.7 cm³/mol. The van der Waals surface area contributed by atoms with Crippen LogP contribution in [0.4, 0.5) is 0 Å². The summed E-state index contributed by atoms with van der Waals surface area (Å²) in [7, 11) is 0. The minimum Gasteiger partial charge on any atom is -0.392 e. The topological polar surface area (TPSA) is 45.7 Å². The number of hydrogen-bond acceptors (Lipinski definition) is 3. The molecule has 0 bridgehead atoms. The van der Waals surface area contributed by atoms with E-state index < -0.39 is 0 Å². The standard InChI is InChI=1S/C18H13NO2/c20-9-13-10-5-3-4-8-14(10)19-16-11-6-1-2-7-12(11)17-18(21-17)15(13)16/h1-8,17-18,20H,9H2. The molecule has 3 heteroatoms. The molecule has 1 saturated heterocycles. The number of aliphatic hydroxyl groups is 1. The van der Waals surface area contributed by atoms with Gasteiger partial charge in [-0.05, 0) is 17.2 Å². The van der Waals surface area contributed by atoms with E-state index >= 15 is 0 Å². The summed E-state index contributed by atoms with van der Waals surface area (Å²) in [6.07, 6.45) is 0.177. The van der Waals surface area contributed by atoms with E-state index in [-0.39, 0.29) is 18.8 Å². The lowest BCUT2D eigenvalue weighted by Gasteiger charge is -2.19. The molecule has 5 rings (SSSR count). The van der Waals surface area contributed by atoms with Gasteiger partial charge in [-0.1, -0.05) is 42.5 Å². The number of nitrogens with zero attached hydrogens (tertiary/aromatic N) is 1. The van der Waals surface area contributed by atoms with Crippen LogP contribution in [-0.4, -0.2) is 10.1 Å². The number of aromatic nitrogens is 1. The largest absolute Gasteiger partial charge is 0.392 e. The summed E-state index contributed by atoms with van der Waals surface area (Å²) in [6, 6.07) is 16.2. The molecule has 2 aromatic carbocycles. The van der Waals surface area contributed by atoms with Gasteiger partial charge in [-0.15, -0.1) is 0 Å². The first-order valence-corrected chi connectivity index (χ1v) is 7.15. The van der Waals surface area contributed by atoms with Gasteiger partial charge in [0.25, 0.3) is 0 Å². The van der Waals surface area contributed by atoms with E-state index in [1.807, 2.05) is 36.4 Å². The summed E-state index contributed by atoms with van der Waals surface area (Å²) in [5.41, 5.74) is 6.26. The number of para-hydroxylation sites is 1. The lowest BCUT2D eigenvalue weighted by atomic mass is 9.85. The third kappa shape index (κ3) is 1.42. The van der Waals surface area contributed by atoms with E-state index in [9.17, 15) is 5.11 Å². The molecule has 1 fully saturated rings. The SMILES string of the molecule is OCc1c2c(nc3ccccc13)-c1ccccc1C1OC21. The van der Waals surface area contributed by atoms with Gasteiger partial charge in [-0.2, -0.15) is 0 Å². The third-order valence-corrected chi connectivity index (χ3v) is 4.50. The van der Waals surface area contributed by atoms with Crippen molar-refractivity contribution in [3.05, 3.63) is 65.2 Å². The average Bonchev–Trinajstić information content (AvgIpc) is 3.34. The summed E-state index contributed by atoms with van der Waals surface area (Å²) >= 11 is 0. The van der Waals surface area contributed by atoms with Crippen LogP contribution in [0.1, 0.15) is 28.9 Å². The Labute approximate surface area is 121 Å². The first-order valence-electron chi connectivity index (χ1n) is 7.15. The van der Waals surface area contributed by atoms with Gasteiger partial charge in [0.05, 0.1) is 17.8 Å². The molecule has 1 aromatic heterocycles. The molecule has 0 amide bonds. The maximum Gasteiger partial charge on any atom is 0.116 e. The van der Waals surface area contributed by atoms with Crippen molar-refractivity contribution in [2.45, 2.75) is 18.8 Å². The van der Waals surface area contributed by atoms with Crippen molar-refractivity contribution < 1.29 is 9.84 Å². The first kappa shape index (κ1) is 11.4. The van der Waals surface area contributed by atoms with E-state index in [0.717, 1.165) is 33.3 Å². The highest BCUT2D eigenvalue weighted by atomic mass is 16.6. The summed E-state index contributed by atoms with van der Waals surface area (Å²) in [6.45, 7) is 0.0140. The highest BCUT2D eigenvalue weighted by Crippen LogP contribution is 2.60. The molecule has 0 radical (unpaired) electrons. The van der Waals surface area contributed by atoms with E-state index in [0.29, 0.717) is 0 Å². The molecule has 0 spiro atoms. The van der Waals surface area contributed by atoms with Crippen LogP contribution in [0.5, 0.6) is 0 Å². The molecule has 3 aromatic rings. The lowest BCUT2D eigenvalue weighted by Crippen LogP contribution is -2.06. The Morgan fingerprint density at radius 3 is 2.71 bits per heavy atom. The van der Waals surface area contributed by atoms with Gasteiger partial charge in [0.2, 0.25) is 0 Å². The summed E-state index contributed by atoms with van der Waals surface area (Å²) < 4.78 is 5.87. The Hall–Kier alpha value is -2.23. The fourth-order valence-corrected chi connectivity index (χ4v) is 3.51. The highest BCUT2D eigenvalue weighted by Gasteiger charge is 2.49. The molecule has 2 heterocycles. The normalized spacial score (nSPS) is 21.6. The molecule has 2 atom stereocenters. The van der Waals surface area contributed by atoms with Gasteiger partial charge in [0.15, 0.2) is 0 Å². The number of benzene rings is 2. The van der Waals surface area contributed by atoms with Crippen molar-refractivity contribution in [1.82, 2.24) is 4.98 Å². The van der Waals surface area contributed by atoms with Crippen molar-refractivity contribution in [3.63, 3.8) is 0 Å². The van der Waals surface area contributed by atoms with Crippen molar-refractivity contribution in [2.24, 2.45) is 0 Å². The number of ether oxygens (including phenoxy) is 1. The highest BCUT2D eigenvalue weighted by molar-refractivity contribution is 5.89. The lowest BCUT2D eigenvalue weighted by molar-refractivity contribution is 0.280. The molecule has 3 nitrogen and oxygen atoms in total. The Kier molecular flexibility index (Phi) is 2.13. The summed E-state index contributed by atoms with van der Waals surface area (Å²) in [4.78, 5) is 4.85. The molecule has 2 unspecified atom stereocenters. The van der Waals surface area contributed by atoms with Gasteiger partial charge >= 0.3 is 0 Å². The maximum absolute atomic E-state index is 9.89. The predicted octanol–water partition coefficient (Wildman–Crippen LogP) is 3.52. The zero-order valence-corrected chi connectivity index (χ0v) is 11.3. The quantitative estimate of drug-likeness (QED) is 0.691. The zero-order chi connectivity index (χ0) is 14.0. The number of fused-ring (bicyclic) bond motifs is 7. The van der Waals surface area contributed by atoms with Crippen LogP contribution in [0.3, 0.4) is 0 Å². The van der Waals surface area contributed by atoms with Crippen LogP contribution in [0.15, 0.2) is 48.5 Å². The second-order valence-corrected chi connectivity index (χ2v) is 5.59. The van der Waals surface area contributed by atoms with Gasteiger partial charge in [-0.25, -0.2) is 4.98 Å². The van der Waals surface area contributed by atoms with Gasteiger partial charge in [0, 0.05) is 16.5 Å².